The van der Waals surface area contributed by atoms with Gasteiger partial charge in [0.05, 0.1) is 19.0 Å². The standard InChI is InChI=1S/C32H42FN5O4S/c1-41-31-23(21-43(2,39)40)17-22(19-34-31)29-26-20-35-32(38-15-7-4-8-16-38)36-30(26)28(18-27(29)33)42-25-11-9-24(10-12-25)37-13-5-3-6-14-37/h17-20,24-25H,3-16,21H2,1-2H3. The lowest BCUT2D eigenvalue weighted by atomic mass is 9.90. The molecule has 1 aromatic carbocycles. The van der Waals surface area contributed by atoms with Crippen LogP contribution < -0.4 is 14.4 Å². The monoisotopic (exact) mass is 611 g/mol. The van der Waals surface area contributed by atoms with Crippen molar-refractivity contribution in [2.75, 3.05) is 44.4 Å². The molecule has 0 amide bonds. The molecule has 11 heteroatoms. The lowest BCUT2D eigenvalue weighted by Gasteiger charge is -2.38. The maximum atomic E-state index is 16.1. The normalized spacial score (nSPS) is 22.1. The van der Waals surface area contributed by atoms with Crippen LogP contribution in [0.5, 0.6) is 11.6 Å². The summed E-state index contributed by atoms with van der Waals surface area (Å²) < 4.78 is 52.2. The van der Waals surface area contributed by atoms with Crippen molar-refractivity contribution in [2.24, 2.45) is 0 Å². The van der Waals surface area contributed by atoms with Gasteiger partial charge in [-0.25, -0.2) is 27.8 Å². The number of nitrogens with zero attached hydrogens (tertiary/aromatic N) is 5. The van der Waals surface area contributed by atoms with E-state index in [1.165, 1.54) is 58.1 Å². The second-order valence-corrected chi connectivity index (χ2v) is 14.5. The summed E-state index contributed by atoms with van der Waals surface area (Å²) in [6.07, 6.45) is 15.6. The van der Waals surface area contributed by atoms with Crippen LogP contribution in [0.4, 0.5) is 10.3 Å². The topological polar surface area (TPSA) is 97.8 Å². The van der Waals surface area contributed by atoms with Gasteiger partial charge in [-0.1, -0.05) is 6.42 Å². The Morgan fingerprint density at radius 2 is 1.63 bits per heavy atom. The van der Waals surface area contributed by atoms with Crippen molar-refractivity contribution in [3.8, 4) is 22.8 Å². The fraction of sp³-hybridized carbons (Fsp3) is 0.594. The molecule has 2 aliphatic heterocycles. The predicted octanol–water partition coefficient (Wildman–Crippen LogP) is 5.55. The maximum absolute atomic E-state index is 16.1. The molecule has 0 N–H and O–H groups in total. The van der Waals surface area contributed by atoms with Crippen LogP contribution in [0, 0.1) is 5.82 Å². The van der Waals surface area contributed by atoms with Gasteiger partial charge in [-0.2, -0.15) is 0 Å². The zero-order chi connectivity index (χ0) is 30.0. The second-order valence-electron chi connectivity index (χ2n) is 12.3. The Kier molecular flexibility index (Phi) is 9.00. The summed E-state index contributed by atoms with van der Waals surface area (Å²) in [7, 11) is -1.94. The van der Waals surface area contributed by atoms with E-state index in [9.17, 15) is 8.42 Å². The molecular formula is C32H42FN5O4S. The molecule has 0 atom stereocenters. The smallest absolute Gasteiger partial charge is 0.226 e. The number of sulfone groups is 1. The number of ether oxygens (including phenoxy) is 2. The quantitative estimate of drug-likeness (QED) is 0.325. The third kappa shape index (κ3) is 6.87. The van der Waals surface area contributed by atoms with Crippen molar-refractivity contribution in [2.45, 2.75) is 82.1 Å². The molecule has 0 unspecified atom stereocenters. The number of halogens is 1. The molecule has 0 spiro atoms. The average Bonchev–Trinajstić information content (AvgIpc) is 3.01. The summed E-state index contributed by atoms with van der Waals surface area (Å²) >= 11 is 0. The Balaban J connectivity index is 1.36. The van der Waals surface area contributed by atoms with Crippen LogP contribution in [0.15, 0.2) is 24.5 Å². The number of pyridine rings is 1. The minimum atomic E-state index is -3.38. The van der Waals surface area contributed by atoms with Crippen molar-refractivity contribution >= 4 is 26.7 Å². The van der Waals surface area contributed by atoms with Crippen LogP contribution >= 0.6 is 0 Å². The molecule has 43 heavy (non-hydrogen) atoms. The van der Waals surface area contributed by atoms with Gasteiger partial charge in [0.15, 0.2) is 9.84 Å². The number of likely N-dealkylation sites (tertiary alicyclic amines) is 1. The summed E-state index contributed by atoms with van der Waals surface area (Å²) in [5.74, 6) is 0.483. The fourth-order valence-electron chi connectivity index (χ4n) is 6.95. The predicted molar refractivity (Wildman–Crippen MR) is 166 cm³/mol. The lowest BCUT2D eigenvalue weighted by molar-refractivity contribution is 0.0776. The highest BCUT2D eigenvalue weighted by Crippen LogP contribution is 2.39. The third-order valence-electron chi connectivity index (χ3n) is 9.08. The summed E-state index contributed by atoms with van der Waals surface area (Å²) in [4.78, 5) is 18.8. The molecule has 2 aromatic heterocycles. The number of piperidine rings is 2. The van der Waals surface area contributed by atoms with E-state index in [0.29, 0.717) is 39.8 Å². The van der Waals surface area contributed by atoms with Crippen molar-refractivity contribution in [1.29, 1.82) is 0 Å². The van der Waals surface area contributed by atoms with E-state index in [1.807, 2.05) is 0 Å². The Morgan fingerprint density at radius 1 is 0.930 bits per heavy atom. The van der Waals surface area contributed by atoms with E-state index in [4.69, 9.17) is 14.5 Å². The van der Waals surface area contributed by atoms with Crippen LogP contribution in [0.25, 0.3) is 22.0 Å². The molecular weight excluding hydrogens is 569 g/mol. The summed E-state index contributed by atoms with van der Waals surface area (Å²) in [6.45, 7) is 4.15. The van der Waals surface area contributed by atoms with E-state index in [-0.39, 0.29) is 23.3 Å². The van der Waals surface area contributed by atoms with Gasteiger partial charge >= 0.3 is 0 Å². The van der Waals surface area contributed by atoms with Crippen molar-refractivity contribution in [3.63, 3.8) is 0 Å². The molecule has 1 saturated carbocycles. The van der Waals surface area contributed by atoms with E-state index < -0.39 is 15.7 Å². The maximum Gasteiger partial charge on any atom is 0.226 e. The van der Waals surface area contributed by atoms with Crippen LogP contribution in [0.2, 0.25) is 0 Å². The van der Waals surface area contributed by atoms with E-state index in [2.05, 4.69) is 19.8 Å². The SMILES string of the molecule is COc1ncc(-c2c(F)cc(OC3CCC(N4CCCCC4)CC3)c3nc(N4CCCCC4)ncc23)cc1CS(C)(=O)=O. The van der Waals surface area contributed by atoms with Crippen molar-refractivity contribution in [1.82, 2.24) is 19.9 Å². The first-order valence-electron chi connectivity index (χ1n) is 15.6. The van der Waals surface area contributed by atoms with Gasteiger partial charge in [0.25, 0.3) is 0 Å². The van der Waals surface area contributed by atoms with Gasteiger partial charge in [0.1, 0.15) is 17.1 Å². The highest BCUT2D eigenvalue weighted by molar-refractivity contribution is 7.89. The highest BCUT2D eigenvalue weighted by atomic mass is 32.2. The van der Waals surface area contributed by atoms with Gasteiger partial charge < -0.3 is 19.3 Å². The molecule has 0 radical (unpaired) electrons. The first-order valence-corrected chi connectivity index (χ1v) is 17.7. The molecule has 1 aliphatic carbocycles. The van der Waals surface area contributed by atoms with E-state index in [0.717, 1.165) is 57.9 Å². The number of hydrogen-bond donors (Lipinski definition) is 0. The van der Waals surface area contributed by atoms with Crippen LogP contribution in [0.3, 0.4) is 0 Å². The summed E-state index contributed by atoms with van der Waals surface area (Å²) in [6, 6.07) is 3.67. The minimum Gasteiger partial charge on any atom is -0.488 e. The van der Waals surface area contributed by atoms with Crippen LogP contribution in [-0.2, 0) is 15.6 Å². The molecule has 4 heterocycles. The number of rotatable bonds is 8. The van der Waals surface area contributed by atoms with Crippen molar-refractivity contribution in [3.05, 3.63) is 35.9 Å². The molecule has 232 valence electrons. The second kappa shape index (κ2) is 12.9. The average molecular weight is 612 g/mol. The zero-order valence-corrected chi connectivity index (χ0v) is 26.0. The van der Waals surface area contributed by atoms with Crippen LogP contribution in [0.1, 0.15) is 69.8 Å². The Bertz CT molecular complexity index is 1550. The number of fused-ring (bicyclic) bond motifs is 1. The molecule has 3 fully saturated rings. The molecule has 2 saturated heterocycles. The minimum absolute atomic E-state index is 0.00749. The highest BCUT2D eigenvalue weighted by Gasteiger charge is 2.29. The molecule has 0 bridgehead atoms. The molecule has 6 rings (SSSR count). The molecule has 3 aliphatic rings. The molecule has 3 aromatic rings. The van der Waals surface area contributed by atoms with Crippen molar-refractivity contribution < 1.29 is 22.3 Å². The number of aromatic nitrogens is 3. The van der Waals surface area contributed by atoms with E-state index >= 15 is 4.39 Å². The van der Waals surface area contributed by atoms with E-state index in [1.54, 1.807) is 12.3 Å². The summed E-state index contributed by atoms with van der Waals surface area (Å²) in [5, 5.41) is 0.509. The number of hydrogen-bond acceptors (Lipinski definition) is 9. The largest absolute Gasteiger partial charge is 0.488 e. The van der Waals surface area contributed by atoms with Crippen LogP contribution in [-0.4, -0.2) is 80.0 Å². The number of benzene rings is 1. The van der Waals surface area contributed by atoms with Gasteiger partial charge in [0.2, 0.25) is 11.8 Å². The summed E-state index contributed by atoms with van der Waals surface area (Å²) in [5.41, 5.74) is 1.63. The van der Waals surface area contributed by atoms with Gasteiger partial charge in [0, 0.05) is 65.9 Å². The molecule has 9 nitrogen and oxygen atoms in total. The van der Waals surface area contributed by atoms with Gasteiger partial charge in [-0.3, -0.25) is 0 Å². The Labute approximate surface area is 253 Å². The lowest BCUT2D eigenvalue weighted by Crippen LogP contribution is -2.42. The fourth-order valence-corrected chi connectivity index (χ4v) is 7.72. The Hall–Kier alpha value is -3.05. The number of methoxy groups -OCH3 is 1. The zero-order valence-electron chi connectivity index (χ0n) is 25.2. The third-order valence-corrected chi connectivity index (χ3v) is 9.92. The first-order chi connectivity index (χ1) is 20.8. The number of anilines is 1. The van der Waals surface area contributed by atoms with Gasteiger partial charge in [-0.05, 0) is 76.9 Å². The van der Waals surface area contributed by atoms with Gasteiger partial charge in [-0.15, -0.1) is 0 Å². The first kappa shape index (κ1) is 30.0. The Morgan fingerprint density at radius 3 is 2.30 bits per heavy atom.